The lowest BCUT2D eigenvalue weighted by Crippen LogP contribution is -1.69. The monoisotopic (exact) mass is 157 g/mol. The van der Waals surface area contributed by atoms with Gasteiger partial charge in [-0.3, -0.25) is 0 Å². The Balaban J connectivity index is -0.0000000800. The maximum atomic E-state index is 8.88. The minimum absolute atomic E-state index is 0. The van der Waals surface area contributed by atoms with E-state index in [2.05, 4.69) is 5.73 Å². The van der Waals surface area contributed by atoms with E-state index in [4.69, 9.17) is 24.5 Å². The number of hydrogen-bond acceptors (Lipinski definition) is 4. The van der Waals surface area contributed by atoms with Gasteiger partial charge in [-0.25, -0.2) is 4.57 Å². The Kier molecular flexibility index (Phi) is 12.9. The Morgan fingerprint density at radius 2 is 1.44 bits per heavy atom. The van der Waals surface area contributed by atoms with Crippen molar-refractivity contribution in [1.29, 1.82) is 5.26 Å². The van der Waals surface area contributed by atoms with Crippen LogP contribution >= 0.6 is 7.82 Å². The fourth-order valence-corrected chi connectivity index (χ4v) is 0. The molecular weight excluding hydrogens is 149 g/mol. The summed E-state index contributed by atoms with van der Waals surface area (Å²) in [5.74, 6) is 0. The van der Waals surface area contributed by atoms with E-state index in [0.717, 1.165) is 0 Å². The van der Waals surface area contributed by atoms with Gasteiger partial charge in [-0.1, -0.05) is 0 Å². The Hall–Kier alpha value is -0.640. The summed E-state index contributed by atoms with van der Waals surface area (Å²) in [6, 6.07) is 0. The van der Waals surface area contributed by atoms with E-state index < -0.39 is 7.82 Å². The lowest BCUT2D eigenvalue weighted by Gasteiger charge is -1.82. The summed E-state index contributed by atoms with van der Waals surface area (Å²) in [4.78, 5) is 21.6. The second-order valence-corrected chi connectivity index (χ2v) is 1.67. The van der Waals surface area contributed by atoms with Crippen molar-refractivity contribution >= 4 is 7.82 Å². The molecule has 0 aliphatic carbocycles. The zero-order valence-corrected chi connectivity index (χ0v) is 5.32. The largest absolute Gasteiger partial charge is 0.466 e. The molecule has 0 aromatic rings. The van der Waals surface area contributed by atoms with Crippen molar-refractivity contribution in [2.24, 2.45) is 5.73 Å². The Morgan fingerprint density at radius 1 is 1.44 bits per heavy atom. The maximum Gasteiger partial charge on any atom is 0.466 e. The summed E-state index contributed by atoms with van der Waals surface area (Å²) < 4.78 is 8.88. The molecule has 0 atom stereocenters. The van der Waals surface area contributed by atoms with Gasteiger partial charge in [-0.15, -0.1) is 0 Å². The average molecular weight is 157 g/mol. The van der Waals surface area contributed by atoms with E-state index in [-0.39, 0.29) is 6.15 Å². The summed E-state index contributed by atoms with van der Waals surface area (Å²) in [5, 5.41) is 7.10. The molecule has 0 unspecified atom stereocenters. The van der Waals surface area contributed by atoms with Crippen molar-refractivity contribution in [2.75, 3.05) is 0 Å². The minimum atomic E-state index is -4.64. The number of nitrogens with zero attached hydrogens (tertiary/aromatic N) is 1. The second-order valence-electron chi connectivity index (χ2n) is 0.642. The third kappa shape index (κ3) is 516. The topological polar surface area (TPSA) is 163 Å². The molecule has 0 aromatic carbocycles. The van der Waals surface area contributed by atoms with Crippen molar-refractivity contribution in [3.05, 3.63) is 0 Å². The van der Waals surface area contributed by atoms with Crippen LogP contribution in [-0.4, -0.2) is 14.7 Å². The highest BCUT2D eigenvalue weighted by atomic mass is 31.2. The predicted octanol–water partition coefficient (Wildman–Crippen LogP) is -1.34. The molecule has 0 saturated carbocycles. The first kappa shape index (κ1) is 15.8. The summed E-state index contributed by atoms with van der Waals surface area (Å²) in [7, 11) is -4.64. The van der Waals surface area contributed by atoms with Crippen molar-refractivity contribution in [3.8, 4) is 6.19 Å². The fourth-order valence-electron chi connectivity index (χ4n) is 0. The zero-order valence-electron chi connectivity index (χ0n) is 4.43. The zero-order chi connectivity index (χ0) is 7.21. The van der Waals surface area contributed by atoms with Crippen LogP contribution in [0.3, 0.4) is 0 Å². The van der Waals surface area contributed by atoms with Crippen LogP contribution in [0.2, 0.25) is 0 Å². The number of phosphoric acid groups is 1. The van der Waals surface area contributed by atoms with Gasteiger partial charge in [0.05, 0.1) is 0 Å². The van der Waals surface area contributed by atoms with E-state index >= 15 is 0 Å². The van der Waals surface area contributed by atoms with Crippen LogP contribution in [0.1, 0.15) is 0 Å². The molecular formula is CH8N3O4P. The normalized spacial score (nSPS) is 7.33. The van der Waals surface area contributed by atoms with Crippen LogP contribution in [0.4, 0.5) is 0 Å². The molecule has 0 aliphatic rings. The van der Waals surface area contributed by atoms with Crippen LogP contribution in [0.15, 0.2) is 0 Å². The molecule has 9 heavy (non-hydrogen) atoms. The fraction of sp³-hybridized carbons (Fsp3) is 0. The summed E-state index contributed by atoms with van der Waals surface area (Å²) >= 11 is 0. The smallest absolute Gasteiger partial charge is 0.344 e. The molecule has 0 fully saturated rings. The standard InChI is InChI=1S/CH2N2.H3N.H3O4P/c2-1-3;;1-5(2,3)4/h2H2;1H3;(H3,1,2,3,4). The molecule has 0 bridgehead atoms. The average Bonchev–Trinajstić information content (AvgIpc) is 1.27. The Labute approximate surface area is 51.5 Å². The van der Waals surface area contributed by atoms with Gasteiger partial charge in [0.2, 0.25) is 0 Å². The Bertz CT molecular complexity index is 114. The van der Waals surface area contributed by atoms with Crippen molar-refractivity contribution < 1.29 is 19.2 Å². The van der Waals surface area contributed by atoms with Crippen molar-refractivity contribution in [1.82, 2.24) is 6.15 Å². The van der Waals surface area contributed by atoms with Gasteiger partial charge in [0.15, 0.2) is 6.19 Å². The quantitative estimate of drug-likeness (QED) is 0.165. The number of nitrogens with two attached hydrogens (primary N) is 1. The maximum absolute atomic E-state index is 8.88. The lowest BCUT2D eigenvalue weighted by atomic mass is 11.5. The highest BCUT2D eigenvalue weighted by molar-refractivity contribution is 7.45. The van der Waals surface area contributed by atoms with Crippen molar-refractivity contribution in [2.45, 2.75) is 0 Å². The first-order chi connectivity index (χ1) is 3.41. The first-order valence-electron chi connectivity index (χ1n) is 1.29. The first-order valence-corrected chi connectivity index (χ1v) is 2.86. The Morgan fingerprint density at radius 3 is 1.44 bits per heavy atom. The van der Waals surface area contributed by atoms with Crippen LogP contribution in [0, 0.1) is 11.5 Å². The summed E-state index contributed by atoms with van der Waals surface area (Å²) in [6.07, 6.45) is 1.25. The van der Waals surface area contributed by atoms with Gasteiger partial charge in [0.25, 0.3) is 0 Å². The number of nitriles is 1. The van der Waals surface area contributed by atoms with Crippen LogP contribution in [-0.2, 0) is 4.57 Å². The molecule has 56 valence electrons. The predicted molar refractivity (Wildman–Crippen MR) is 29.1 cm³/mol. The SMILES string of the molecule is N.N#CN.O=P(O)(O)O. The molecule has 7 nitrogen and oxygen atoms in total. The van der Waals surface area contributed by atoms with E-state index in [1.54, 1.807) is 0 Å². The number of rotatable bonds is 0. The van der Waals surface area contributed by atoms with Crippen LogP contribution in [0.5, 0.6) is 0 Å². The van der Waals surface area contributed by atoms with E-state index in [1.807, 2.05) is 0 Å². The number of hydrogen-bond donors (Lipinski definition) is 5. The molecule has 0 amide bonds. The third-order valence-electron chi connectivity index (χ3n) is 0. The summed E-state index contributed by atoms with van der Waals surface area (Å²) in [6.45, 7) is 0. The third-order valence-corrected chi connectivity index (χ3v) is 0. The van der Waals surface area contributed by atoms with E-state index in [1.165, 1.54) is 6.19 Å². The van der Waals surface area contributed by atoms with Gasteiger partial charge < -0.3 is 26.6 Å². The molecule has 0 rings (SSSR count). The molecule has 0 aromatic heterocycles. The molecule has 0 saturated heterocycles. The highest BCUT2D eigenvalue weighted by Gasteiger charge is 2.00. The second kappa shape index (κ2) is 7.36. The van der Waals surface area contributed by atoms with Gasteiger partial charge in [0.1, 0.15) is 0 Å². The highest BCUT2D eigenvalue weighted by Crippen LogP contribution is 2.25. The van der Waals surface area contributed by atoms with Crippen LogP contribution in [0.25, 0.3) is 0 Å². The van der Waals surface area contributed by atoms with Crippen molar-refractivity contribution in [3.63, 3.8) is 0 Å². The summed E-state index contributed by atoms with van der Waals surface area (Å²) in [5.41, 5.74) is 4.15. The van der Waals surface area contributed by atoms with E-state index in [9.17, 15) is 0 Å². The minimum Gasteiger partial charge on any atom is -0.344 e. The molecule has 0 radical (unpaired) electrons. The molecule has 0 spiro atoms. The van der Waals surface area contributed by atoms with Crippen LogP contribution < -0.4 is 11.9 Å². The molecule has 8 N–H and O–H groups in total. The van der Waals surface area contributed by atoms with Gasteiger partial charge >= 0.3 is 7.82 Å². The van der Waals surface area contributed by atoms with Gasteiger partial charge in [-0.2, -0.15) is 5.26 Å². The van der Waals surface area contributed by atoms with Gasteiger partial charge in [-0.05, 0) is 0 Å². The molecule has 8 heteroatoms. The van der Waals surface area contributed by atoms with Gasteiger partial charge in [0, 0.05) is 0 Å². The molecule has 0 heterocycles. The lowest BCUT2D eigenvalue weighted by molar-refractivity contribution is 0.275. The molecule has 0 aliphatic heterocycles. The van der Waals surface area contributed by atoms with E-state index in [0.29, 0.717) is 0 Å².